The summed E-state index contributed by atoms with van der Waals surface area (Å²) in [7, 11) is 0. The molecular formula is C14H25NO3. The minimum absolute atomic E-state index is 0.0798. The van der Waals surface area contributed by atoms with Crippen LogP contribution in [0, 0.1) is 5.41 Å². The van der Waals surface area contributed by atoms with Gasteiger partial charge < -0.3 is 15.2 Å². The maximum absolute atomic E-state index is 10.8. The molecule has 0 aromatic carbocycles. The highest BCUT2D eigenvalue weighted by atomic mass is 16.5. The third kappa shape index (κ3) is 3.69. The Bertz CT molecular complexity index is 303. The van der Waals surface area contributed by atoms with Crippen molar-refractivity contribution in [1.82, 2.24) is 5.32 Å². The molecule has 2 N–H and O–H groups in total. The van der Waals surface area contributed by atoms with Crippen molar-refractivity contribution >= 4 is 5.97 Å². The molecule has 0 spiro atoms. The van der Waals surface area contributed by atoms with E-state index in [9.17, 15) is 4.79 Å². The Labute approximate surface area is 109 Å². The number of carbonyl (C=O) groups is 1. The van der Waals surface area contributed by atoms with Gasteiger partial charge in [0.2, 0.25) is 0 Å². The Morgan fingerprint density at radius 3 is 2.78 bits per heavy atom. The Balaban J connectivity index is 1.71. The smallest absolute Gasteiger partial charge is 0.332 e. The van der Waals surface area contributed by atoms with Crippen molar-refractivity contribution in [3.05, 3.63) is 0 Å². The molecule has 18 heavy (non-hydrogen) atoms. The first-order valence-electron chi connectivity index (χ1n) is 7.08. The zero-order chi connectivity index (χ0) is 13.2. The maximum Gasteiger partial charge on any atom is 0.332 e. The van der Waals surface area contributed by atoms with E-state index in [1.165, 1.54) is 25.7 Å². The first kappa shape index (κ1) is 13.8. The molecular weight excluding hydrogens is 230 g/mol. The average Bonchev–Trinajstić information content (AvgIpc) is 2.74. The predicted molar refractivity (Wildman–Crippen MR) is 69.6 cm³/mol. The van der Waals surface area contributed by atoms with E-state index in [0.717, 1.165) is 13.0 Å². The van der Waals surface area contributed by atoms with Gasteiger partial charge in [0.05, 0.1) is 6.10 Å². The third-order valence-electron chi connectivity index (χ3n) is 4.22. The number of carboxylic acids is 1. The van der Waals surface area contributed by atoms with Crippen molar-refractivity contribution in [2.24, 2.45) is 5.41 Å². The van der Waals surface area contributed by atoms with Gasteiger partial charge in [-0.2, -0.15) is 0 Å². The second-order valence-electron chi connectivity index (χ2n) is 6.53. The van der Waals surface area contributed by atoms with Crippen molar-refractivity contribution < 1.29 is 14.6 Å². The van der Waals surface area contributed by atoms with E-state index in [0.29, 0.717) is 17.9 Å². The van der Waals surface area contributed by atoms with E-state index < -0.39 is 12.1 Å². The van der Waals surface area contributed by atoms with Crippen LogP contribution in [-0.4, -0.2) is 35.9 Å². The van der Waals surface area contributed by atoms with Gasteiger partial charge in [0, 0.05) is 12.6 Å². The van der Waals surface area contributed by atoms with Crippen LogP contribution in [0.15, 0.2) is 0 Å². The summed E-state index contributed by atoms with van der Waals surface area (Å²) >= 11 is 0. The number of aliphatic carboxylic acids is 1. The first-order chi connectivity index (χ1) is 8.46. The quantitative estimate of drug-likeness (QED) is 0.808. The van der Waals surface area contributed by atoms with Gasteiger partial charge in [0.15, 0.2) is 6.10 Å². The van der Waals surface area contributed by atoms with E-state index in [1.54, 1.807) is 0 Å². The summed E-state index contributed by atoms with van der Waals surface area (Å²) in [5.41, 5.74) is 0.441. The van der Waals surface area contributed by atoms with Crippen LogP contribution in [0.25, 0.3) is 0 Å². The molecule has 2 aliphatic rings. The molecule has 0 bridgehead atoms. The lowest BCUT2D eigenvalue weighted by molar-refractivity contribution is -0.149. The molecule has 3 unspecified atom stereocenters. The molecule has 0 radical (unpaired) electrons. The lowest BCUT2D eigenvalue weighted by Crippen LogP contribution is -2.41. The average molecular weight is 255 g/mol. The molecule has 1 aliphatic carbocycles. The van der Waals surface area contributed by atoms with Crippen LogP contribution in [0.3, 0.4) is 0 Å². The van der Waals surface area contributed by atoms with Crippen molar-refractivity contribution in [3.8, 4) is 0 Å². The molecule has 3 atom stereocenters. The van der Waals surface area contributed by atoms with Crippen molar-refractivity contribution in [2.45, 2.75) is 70.6 Å². The summed E-state index contributed by atoms with van der Waals surface area (Å²) in [6, 6.07) is 0.571. The highest BCUT2D eigenvalue weighted by molar-refractivity contribution is 5.72. The van der Waals surface area contributed by atoms with Crippen LogP contribution in [0.5, 0.6) is 0 Å². The molecule has 1 saturated carbocycles. The van der Waals surface area contributed by atoms with E-state index in [2.05, 4.69) is 19.2 Å². The number of carboxylic acid groups (broad SMARTS) is 1. The van der Waals surface area contributed by atoms with Gasteiger partial charge in [-0.05, 0) is 37.5 Å². The molecule has 0 amide bonds. The van der Waals surface area contributed by atoms with Gasteiger partial charge in [0.25, 0.3) is 0 Å². The minimum Gasteiger partial charge on any atom is -0.479 e. The Morgan fingerprint density at radius 2 is 2.17 bits per heavy atom. The van der Waals surface area contributed by atoms with Crippen molar-refractivity contribution in [1.29, 1.82) is 0 Å². The molecule has 0 aromatic rings. The molecule has 4 heteroatoms. The Hall–Kier alpha value is -0.610. The van der Waals surface area contributed by atoms with Crippen LogP contribution in [0.1, 0.15) is 52.4 Å². The highest BCUT2D eigenvalue weighted by Crippen LogP contribution is 2.35. The fraction of sp³-hybridized carbons (Fsp3) is 0.929. The summed E-state index contributed by atoms with van der Waals surface area (Å²) in [5.74, 6) is -0.823. The van der Waals surface area contributed by atoms with Crippen LogP contribution >= 0.6 is 0 Å². The Kier molecular flexibility index (Phi) is 4.28. The highest BCUT2D eigenvalue weighted by Gasteiger charge is 2.32. The monoisotopic (exact) mass is 255 g/mol. The van der Waals surface area contributed by atoms with Crippen LogP contribution < -0.4 is 5.32 Å². The summed E-state index contributed by atoms with van der Waals surface area (Å²) in [6.45, 7) is 5.45. The molecule has 104 valence electrons. The van der Waals surface area contributed by atoms with E-state index in [4.69, 9.17) is 9.84 Å². The molecule has 4 nitrogen and oxygen atoms in total. The molecule has 0 aromatic heterocycles. The van der Waals surface area contributed by atoms with Gasteiger partial charge in [-0.3, -0.25) is 0 Å². The molecule has 2 rings (SSSR count). The molecule has 1 heterocycles. The van der Waals surface area contributed by atoms with Crippen molar-refractivity contribution in [3.63, 3.8) is 0 Å². The normalized spacial score (nSPS) is 35.6. The number of rotatable bonds is 4. The van der Waals surface area contributed by atoms with Crippen molar-refractivity contribution in [2.75, 3.05) is 6.54 Å². The second-order valence-corrected chi connectivity index (χ2v) is 6.53. The van der Waals surface area contributed by atoms with E-state index >= 15 is 0 Å². The number of ether oxygens (including phenoxy) is 1. The predicted octanol–water partition coefficient (Wildman–Crippen LogP) is 2.18. The first-order valence-corrected chi connectivity index (χ1v) is 7.08. The maximum atomic E-state index is 10.8. The largest absolute Gasteiger partial charge is 0.479 e. The van der Waals surface area contributed by atoms with Crippen LogP contribution in [0.4, 0.5) is 0 Å². The lowest BCUT2D eigenvalue weighted by atomic mass is 9.75. The number of hydrogen-bond donors (Lipinski definition) is 2. The van der Waals surface area contributed by atoms with E-state index in [1.807, 2.05) is 0 Å². The summed E-state index contributed by atoms with van der Waals surface area (Å²) < 4.78 is 5.50. The lowest BCUT2D eigenvalue weighted by Gasteiger charge is -2.36. The van der Waals surface area contributed by atoms with Gasteiger partial charge in [-0.25, -0.2) is 4.79 Å². The van der Waals surface area contributed by atoms with E-state index in [-0.39, 0.29) is 6.10 Å². The fourth-order valence-electron chi connectivity index (χ4n) is 3.21. The summed E-state index contributed by atoms with van der Waals surface area (Å²) in [6.07, 6.45) is 6.05. The molecule has 2 fully saturated rings. The standard InChI is InChI=1S/C14H25NO3/c1-14(2)7-3-4-10(8-14)15-9-11-5-6-12(18-11)13(16)17/h10-12,15H,3-9H2,1-2H3,(H,16,17). The number of nitrogens with one attached hydrogen (secondary N) is 1. The van der Waals surface area contributed by atoms with Gasteiger partial charge in [-0.15, -0.1) is 0 Å². The van der Waals surface area contributed by atoms with Crippen LogP contribution in [-0.2, 0) is 9.53 Å². The van der Waals surface area contributed by atoms with Gasteiger partial charge in [-0.1, -0.05) is 20.3 Å². The second kappa shape index (κ2) is 5.57. The topological polar surface area (TPSA) is 58.6 Å². The van der Waals surface area contributed by atoms with Gasteiger partial charge in [0.1, 0.15) is 0 Å². The summed E-state index contributed by atoms with van der Waals surface area (Å²) in [5, 5.41) is 12.4. The zero-order valence-corrected chi connectivity index (χ0v) is 11.4. The molecule has 1 aliphatic heterocycles. The van der Waals surface area contributed by atoms with Crippen LogP contribution in [0.2, 0.25) is 0 Å². The SMILES string of the molecule is CC1(C)CCCC(NCC2CCC(C(=O)O)O2)C1. The minimum atomic E-state index is -0.823. The fourth-order valence-corrected chi connectivity index (χ4v) is 3.21. The third-order valence-corrected chi connectivity index (χ3v) is 4.22. The summed E-state index contributed by atoms with van der Waals surface area (Å²) in [4.78, 5) is 10.8. The van der Waals surface area contributed by atoms with Gasteiger partial charge >= 0.3 is 5.97 Å². The zero-order valence-electron chi connectivity index (χ0n) is 11.4. The number of hydrogen-bond acceptors (Lipinski definition) is 3. The molecule has 1 saturated heterocycles. The Morgan fingerprint density at radius 1 is 1.39 bits per heavy atom.